The van der Waals surface area contributed by atoms with Crippen LogP contribution in [0.4, 0.5) is 0 Å². The van der Waals surface area contributed by atoms with Crippen molar-refractivity contribution in [1.82, 2.24) is 0 Å². The first-order valence-corrected chi connectivity index (χ1v) is 6.49. The van der Waals surface area contributed by atoms with Crippen molar-refractivity contribution in [3.05, 3.63) is 54.1 Å². The van der Waals surface area contributed by atoms with E-state index in [1.807, 2.05) is 0 Å². The Bertz CT molecular complexity index is 631. The van der Waals surface area contributed by atoms with Crippen molar-refractivity contribution < 1.29 is 24.9 Å². The summed E-state index contributed by atoms with van der Waals surface area (Å²) in [5, 5.41) is 28.0. The van der Waals surface area contributed by atoms with E-state index in [9.17, 15) is 20.1 Å². The maximum Gasteiger partial charge on any atom is 0.336 e. The van der Waals surface area contributed by atoms with E-state index in [1.54, 1.807) is 49.4 Å². The number of aromatic carboxylic acids is 1. The fraction of sp³-hybridized carbons (Fsp3) is 0.188. The Labute approximate surface area is 122 Å². The van der Waals surface area contributed by atoms with E-state index in [-0.39, 0.29) is 12.0 Å². The number of hydrogen-bond donors (Lipinski definition) is 3. The zero-order valence-electron chi connectivity index (χ0n) is 11.5. The second-order valence-electron chi connectivity index (χ2n) is 4.57. The highest BCUT2D eigenvalue weighted by Gasteiger charge is 2.22. The predicted molar refractivity (Wildman–Crippen MR) is 76.9 cm³/mol. The van der Waals surface area contributed by atoms with Gasteiger partial charge in [-0.15, -0.1) is 0 Å². The Morgan fingerprint density at radius 1 is 1.10 bits per heavy atom. The van der Waals surface area contributed by atoms with Crippen LogP contribution in [0.1, 0.15) is 23.7 Å². The minimum absolute atomic E-state index is 0.0244. The number of hydrogen-bond acceptors (Lipinski definition) is 4. The maximum absolute atomic E-state index is 11.2. The van der Waals surface area contributed by atoms with Crippen LogP contribution in [0.15, 0.2) is 48.5 Å². The molecule has 5 nitrogen and oxygen atoms in total. The van der Waals surface area contributed by atoms with Crippen molar-refractivity contribution in [3.8, 4) is 16.9 Å². The highest BCUT2D eigenvalue weighted by Crippen LogP contribution is 2.27. The van der Waals surface area contributed by atoms with Crippen LogP contribution in [0, 0.1) is 0 Å². The van der Waals surface area contributed by atoms with Gasteiger partial charge < -0.3 is 20.1 Å². The zero-order chi connectivity index (χ0) is 15.5. The van der Waals surface area contributed by atoms with E-state index in [2.05, 4.69) is 0 Å². The normalized spacial score (nSPS) is 11.2. The summed E-state index contributed by atoms with van der Waals surface area (Å²) < 4.78 is 5.01. The average molecular weight is 288 g/mol. The topological polar surface area (TPSA) is 87.0 Å². The molecule has 5 heteroatoms. The van der Waals surface area contributed by atoms with Crippen LogP contribution in [0.3, 0.4) is 0 Å². The van der Waals surface area contributed by atoms with E-state index in [4.69, 9.17) is 4.74 Å². The molecule has 21 heavy (non-hydrogen) atoms. The van der Waals surface area contributed by atoms with E-state index >= 15 is 0 Å². The zero-order valence-corrected chi connectivity index (χ0v) is 11.5. The van der Waals surface area contributed by atoms with Crippen molar-refractivity contribution in [2.24, 2.45) is 0 Å². The number of benzene rings is 2. The van der Waals surface area contributed by atoms with Crippen LogP contribution in [0.5, 0.6) is 5.75 Å². The second kappa shape index (κ2) is 5.95. The molecule has 0 saturated heterocycles. The highest BCUT2D eigenvalue weighted by atomic mass is 16.8. The lowest BCUT2D eigenvalue weighted by Gasteiger charge is -2.21. The lowest BCUT2D eigenvalue weighted by molar-refractivity contribution is -0.292. The van der Waals surface area contributed by atoms with Crippen LogP contribution in [0.2, 0.25) is 0 Å². The third-order valence-electron chi connectivity index (χ3n) is 3.06. The lowest BCUT2D eigenvalue weighted by Crippen LogP contribution is -2.34. The molecule has 2 aromatic rings. The Hall–Kier alpha value is -2.37. The first-order chi connectivity index (χ1) is 9.93. The van der Waals surface area contributed by atoms with Crippen molar-refractivity contribution >= 4 is 5.97 Å². The third kappa shape index (κ3) is 3.59. The summed E-state index contributed by atoms with van der Waals surface area (Å²) >= 11 is 0. The maximum atomic E-state index is 11.2. The van der Waals surface area contributed by atoms with Gasteiger partial charge in [-0.25, -0.2) is 4.79 Å². The quantitative estimate of drug-likeness (QED) is 0.736. The average Bonchev–Trinajstić information content (AvgIpc) is 2.47. The largest absolute Gasteiger partial charge is 0.478 e. The van der Waals surface area contributed by atoms with E-state index in [0.29, 0.717) is 16.9 Å². The molecular formula is C16H16O5. The third-order valence-corrected chi connectivity index (χ3v) is 3.06. The summed E-state index contributed by atoms with van der Waals surface area (Å²) in [5.41, 5.74) is 1.50. The molecule has 0 aromatic heterocycles. The molecule has 0 aliphatic rings. The van der Waals surface area contributed by atoms with E-state index in [0.717, 1.165) is 0 Å². The molecule has 0 saturated carbocycles. The van der Waals surface area contributed by atoms with Gasteiger partial charge in [-0.3, -0.25) is 0 Å². The molecule has 0 unspecified atom stereocenters. The van der Waals surface area contributed by atoms with Gasteiger partial charge in [-0.2, -0.15) is 0 Å². The molecular weight excluding hydrogens is 272 g/mol. The fourth-order valence-corrected chi connectivity index (χ4v) is 1.88. The first kappa shape index (κ1) is 15.0. The summed E-state index contributed by atoms with van der Waals surface area (Å²) in [6, 6.07) is 13.1. The van der Waals surface area contributed by atoms with E-state index < -0.39 is 11.9 Å². The number of ether oxygens (including phenoxy) is 1. The van der Waals surface area contributed by atoms with Gasteiger partial charge in [0.1, 0.15) is 5.75 Å². The van der Waals surface area contributed by atoms with Crippen LogP contribution in [-0.2, 0) is 0 Å². The van der Waals surface area contributed by atoms with Gasteiger partial charge in [0.15, 0.2) is 0 Å². The minimum atomic E-state index is -2.21. The van der Waals surface area contributed by atoms with Gasteiger partial charge in [0.25, 0.3) is 0 Å². The monoisotopic (exact) mass is 288 g/mol. The van der Waals surface area contributed by atoms with Gasteiger partial charge in [0, 0.05) is 6.42 Å². The fourth-order valence-electron chi connectivity index (χ4n) is 1.88. The molecule has 0 amide bonds. The van der Waals surface area contributed by atoms with Gasteiger partial charge >= 0.3 is 11.9 Å². The number of carbonyl (C=O) groups is 1. The summed E-state index contributed by atoms with van der Waals surface area (Å²) in [7, 11) is 0. The lowest BCUT2D eigenvalue weighted by atomic mass is 10.00. The van der Waals surface area contributed by atoms with E-state index in [1.165, 1.54) is 6.07 Å². The van der Waals surface area contributed by atoms with Crippen LogP contribution < -0.4 is 4.74 Å². The second-order valence-corrected chi connectivity index (χ2v) is 4.57. The van der Waals surface area contributed by atoms with Crippen LogP contribution >= 0.6 is 0 Å². The standard InChI is InChI=1S/C16H16O5/c1-2-16(19,20)21-12-9-7-11(8-10-12)13-5-3-4-6-14(13)15(17)18/h3-10,19-20H,2H2,1H3,(H,17,18). The number of rotatable bonds is 5. The molecule has 0 fully saturated rings. The smallest absolute Gasteiger partial charge is 0.336 e. The first-order valence-electron chi connectivity index (χ1n) is 6.49. The molecule has 0 aliphatic carbocycles. The molecule has 110 valence electrons. The number of carboxylic acids is 1. The van der Waals surface area contributed by atoms with Gasteiger partial charge in [0.2, 0.25) is 0 Å². The Kier molecular flexibility index (Phi) is 4.26. The molecule has 2 aromatic carbocycles. The summed E-state index contributed by atoms with van der Waals surface area (Å²) in [6.07, 6.45) is 0.0244. The summed E-state index contributed by atoms with van der Waals surface area (Å²) in [5.74, 6) is -2.92. The predicted octanol–water partition coefficient (Wildman–Crippen LogP) is 2.48. The molecule has 0 spiro atoms. The van der Waals surface area contributed by atoms with Crippen molar-refractivity contribution in [2.75, 3.05) is 0 Å². The molecule has 0 aliphatic heterocycles. The van der Waals surface area contributed by atoms with Crippen molar-refractivity contribution in [2.45, 2.75) is 19.3 Å². The number of carboxylic acid groups (broad SMARTS) is 1. The van der Waals surface area contributed by atoms with Crippen LogP contribution in [0.25, 0.3) is 11.1 Å². The Morgan fingerprint density at radius 3 is 2.29 bits per heavy atom. The minimum Gasteiger partial charge on any atom is -0.478 e. The molecule has 0 heterocycles. The van der Waals surface area contributed by atoms with Gasteiger partial charge in [0.05, 0.1) is 5.56 Å². The number of aliphatic hydroxyl groups is 2. The van der Waals surface area contributed by atoms with Gasteiger partial charge in [-0.05, 0) is 29.3 Å². The van der Waals surface area contributed by atoms with Crippen LogP contribution in [-0.4, -0.2) is 27.3 Å². The molecule has 0 atom stereocenters. The molecule has 2 rings (SSSR count). The van der Waals surface area contributed by atoms with Gasteiger partial charge in [-0.1, -0.05) is 37.3 Å². The van der Waals surface area contributed by atoms with Crippen molar-refractivity contribution in [3.63, 3.8) is 0 Å². The SMILES string of the molecule is CCC(O)(O)Oc1ccc(-c2ccccc2C(=O)O)cc1. The summed E-state index contributed by atoms with van der Waals surface area (Å²) in [4.78, 5) is 11.2. The molecule has 3 N–H and O–H groups in total. The Morgan fingerprint density at radius 2 is 1.71 bits per heavy atom. The summed E-state index contributed by atoms with van der Waals surface area (Å²) in [6.45, 7) is 1.58. The Balaban J connectivity index is 2.30. The highest BCUT2D eigenvalue weighted by molar-refractivity contribution is 5.96. The molecule has 0 radical (unpaired) electrons. The van der Waals surface area contributed by atoms with Crippen molar-refractivity contribution in [1.29, 1.82) is 0 Å². The molecule has 0 bridgehead atoms.